The summed E-state index contributed by atoms with van der Waals surface area (Å²) in [6, 6.07) is 1.87. The lowest BCUT2D eigenvalue weighted by atomic mass is 10.1. The first-order valence-electron chi connectivity index (χ1n) is 4.34. The van der Waals surface area contributed by atoms with Crippen LogP contribution in [0.25, 0.3) is 0 Å². The minimum absolute atomic E-state index is 0.179. The van der Waals surface area contributed by atoms with Crippen LogP contribution in [0.5, 0.6) is 0 Å². The second-order valence-corrected chi connectivity index (χ2v) is 2.87. The van der Waals surface area contributed by atoms with Gasteiger partial charge in [0.15, 0.2) is 6.29 Å². The van der Waals surface area contributed by atoms with Crippen LogP contribution in [-0.2, 0) is 4.79 Å². The predicted octanol–water partition coefficient (Wildman–Crippen LogP) is 2.52. The zero-order valence-electron chi connectivity index (χ0n) is 8.94. The summed E-state index contributed by atoms with van der Waals surface area (Å²) in [6.07, 6.45) is 5.14. The van der Waals surface area contributed by atoms with E-state index in [1.54, 1.807) is 6.08 Å². The van der Waals surface area contributed by atoms with Gasteiger partial charge in [-0.2, -0.15) is 5.26 Å². The first-order valence-corrected chi connectivity index (χ1v) is 4.34. The van der Waals surface area contributed by atoms with E-state index in [4.69, 9.17) is 5.26 Å². The maximum atomic E-state index is 10.5. The standard InChI is InChI=1S/C13H12N2O/c1-10(8-14)5-6-11(2)12(3)7-13(9-16)15-4/h5-7,9H,1-4H2/b6-5-,13-7-. The van der Waals surface area contributed by atoms with E-state index in [0.29, 0.717) is 23.0 Å². The van der Waals surface area contributed by atoms with Gasteiger partial charge in [0.2, 0.25) is 0 Å². The number of hydrogen-bond acceptors (Lipinski definition) is 3. The summed E-state index contributed by atoms with van der Waals surface area (Å²) in [6.45, 7) is 14.1. The molecule has 0 bridgehead atoms. The van der Waals surface area contributed by atoms with Gasteiger partial charge in [-0.1, -0.05) is 25.8 Å². The summed E-state index contributed by atoms with van der Waals surface area (Å²) in [5.74, 6) is 0. The van der Waals surface area contributed by atoms with Crippen molar-refractivity contribution in [3.63, 3.8) is 0 Å². The number of nitrogens with zero attached hydrogens (tertiary/aromatic N) is 2. The first-order chi connectivity index (χ1) is 7.54. The van der Waals surface area contributed by atoms with E-state index < -0.39 is 0 Å². The normalized spacial score (nSPS) is 10.6. The highest BCUT2D eigenvalue weighted by Crippen LogP contribution is 2.11. The number of carbonyl (C=O) groups excluding carboxylic acids is 1. The molecule has 0 aliphatic rings. The third-order valence-electron chi connectivity index (χ3n) is 1.67. The average molecular weight is 212 g/mol. The fourth-order valence-electron chi connectivity index (χ4n) is 0.734. The molecular weight excluding hydrogens is 200 g/mol. The molecule has 0 atom stereocenters. The molecule has 3 nitrogen and oxygen atoms in total. The molecule has 0 saturated carbocycles. The lowest BCUT2D eigenvalue weighted by molar-refractivity contribution is -0.104. The van der Waals surface area contributed by atoms with Crippen LogP contribution in [0.4, 0.5) is 0 Å². The van der Waals surface area contributed by atoms with Crippen molar-refractivity contribution in [1.82, 2.24) is 0 Å². The summed E-state index contributed by atoms with van der Waals surface area (Å²) >= 11 is 0. The van der Waals surface area contributed by atoms with E-state index in [2.05, 4.69) is 31.4 Å². The molecule has 0 heterocycles. The molecule has 0 N–H and O–H groups in total. The van der Waals surface area contributed by atoms with Crippen LogP contribution in [0.2, 0.25) is 0 Å². The number of allylic oxidation sites excluding steroid dienone is 7. The Morgan fingerprint density at radius 1 is 1.19 bits per heavy atom. The van der Waals surface area contributed by atoms with Gasteiger partial charge in [-0.3, -0.25) is 9.79 Å². The van der Waals surface area contributed by atoms with E-state index in [-0.39, 0.29) is 5.70 Å². The Balaban J connectivity index is 4.72. The molecule has 0 spiro atoms. The van der Waals surface area contributed by atoms with Gasteiger partial charge in [-0.25, -0.2) is 0 Å². The second kappa shape index (κ2) is 6.91. The summed E-state index contributed by atoms with van der Waals surface area (Å²) in [7, 11) is 0. The average Bonchev–Trinajstić information content (AvgIpc) is 2.31. The Morgan fingerprint density at radius 2 is 1.81 bits per heavy atom. The quantitative estimate of drug-likeness (QED) is 0.223. The molecule has 0 aliphatic carbocycles. The largest absolute Gasteiger partial charge is 0.296 e. The molecule has 0 amide bonds. The molecule has 80 valence electrons. The van der Waals surface area contributed by atoms with Crippen molar-refractivity contribution < 1.29 is 4.79 Å². The lowest BCUT2D eigenvalue weighted by Gasteiger charge is -1.98. The Bertz CT molecular complexity index is 435. The number of aliphatic imine (C=N–C) groups is 1. The van der Waals surface area contributed by atoms with Gasteiger partial charge < -0.3 is 0 Å². The van der Waals surface area contributed by atoms with E-state index in [0.717, 1.165) is 0 Å². The summed E-state index contributed by atoms with van der Waals surface area (Å²) in [5, 5.41) is 8.47. The number of nitriles is 1. The van der Waals surface area contributed by atoms with Crippen molar-refractivity contribution >= 4 is 13.0 Å². The Kier molecular flexibility index (Phi) is 5.84. The van der Waals surface area contributed by atoms with Gasteiger partial charge in [0, 0.05) is 5.57 Å². The minimum Gasteiger partial charge on any atom is -0.296 e. The topological polar surface area (TPSA) is 53.2 Å². The van der Waals surface area contributed by atoms with Gasteiger partial charge in [-0.15, -0.1) is 0 Å². The summed E-state index contributed by atoms with van der Waals surface area (Å²) < 4.78 is 0. The SMILES string of the molecule is C=N/C(C=O)=C\C(=C)C(=C)/C=C\C(=C)C#N. The molecule has 16 heavy (non-hydrogen) atoms. The van der Waals surface area contributed by atoms with Gasteiger partial charge in [-0.05, 0) is 30.0 Å². The van der Waals surface area contributed by atoms with Crippen LogP contribution in [0, 0.1) is 11.3 Å². The number of aldehydes is 1. The van der Waals surface area contributed by atoms with Gasteiger partial charge >= 0.3 is 0 Å². The smallest absolute Gasteiger partial charge is 0.168 e. The predicted molar refractivity (Wildman–Crippen MR) is 65.9 cm³/mol. The van der Waals surface area contributed by atoms with Crippen LogP contribution >= 0.6 is 0 Å². The molecule has 0 rings (SSSR count). The van der Waals surface area contributed by atoms with Gasteiger partial charge in [0.05, 0.1) is 6.07 Å². The van der Waals surface area contributed by atoms with Crippen molar-refractivity contribution in [3.05, 3.63) is 60.4 Å². The molecule has 0 unspecified atom stereocenters. The minimum atomic E-state index is 0.179. The molecule has 0 saturated heterocycles. The second-order valence-electron chi connectivity index (χ2n) is 2.87. The maximum Gasteiger partial charge on any atom is 0.168 e. The van der Waals surface area contributed by atoms with Crippen LogP contribution < -0.4 is 0 Å². The molecular formula is C13H12N2O. The van der Waals surface area contributed by atoms with Crippen molar-refractivity contribution in [2.45, 2.75) is 0 Å². The zero-order chi connectivity index (χ0) is 12.6. The van der Waals surface area contributed by atoms with Crippen molar-refractivity contribution in [3.8, 4) is 6.07 Å². The van der Waals surface area contributed by atoms with Crippen LogP contribution in [-0.4, -0.2) is 13.0 Å². The van der Waals surface area contributed by atoms with Crippen molar-refractivity contribution in [2.75, 3.05) is 0 Å². The molecule has 0 fully saturated rings. The number of rotatable bonds is 6. The fraction of sp³-hybridized carbons (Fsp3) is 0. The Labute approximate surface area is 95.1 Å². The van der Waals surface area contributed by atoms with E-state index in [1.807, 2.05) is 6.07 Å². The molecule has 0 aromatic rings. The zero-order valence-corrected chi connectivity index (χ0v) is 8.94. The lowest BCUT2D eigenvalue weighted by Crippen LogP contribution is -1.84. The third-order valence-corrected chi connectivity index (χ3v) is 1.67. The molecule has 0 aromatic carbocycles. The van der Waals surface area contributed by atoms with Gasteiger partial charge in [0.1, 0.15) is 5.70 Å². The monoisotopic (exact) mass is 212 g/mol. The summed E-state index contributed by atoms with van der Waals surface area (Å²) in [4.78, 5) is 13.9. The highest BCUT2D eigenvalue weighted by molar-refractivity contribution is 5.75. The van der Waals surface area contributed by atoms with E-state index in [9.17, 15) is 4.79 Å². The molecule has 0 aliphatic heterocycles. The fourth-order valence-corrected chi connectivity index (χ4v) is 0.734. The van der Waals surface area contributed by atoms with Crippen LogP contribution in [0.15, 0.2) is 65.4 Å². The number of hydrogen-bond donors (Lipinski definition) is 0. The number of carbonyl (C=O) groups is 1. The van der Waals surface area contributed by atoms with Crippen molar-refractivity contribution in [2.24, 2.45) is 4.99 Å². The highest BCUT2D eigenvalue weighted by Gasteiger charge is 1.96. The van der Waals surface area contributed by atoms with Gasteiger partial charge in [0.25, 0.3) is 0 Å². The Morgan fingerprint density at radius 3 is 2.25 bits per heavy atom. The Hall–Kier alpha value is -2.47. The third kappa shape index (κ3) is 4.68. The van der Waals surface area contributed by atoms with E-state index in [1.165, 1.54) is 12.2 Å². The van der Waals surface area contributed by atoms with Crippen LogP contribution in [0.1, 0.15) is 0 Å². The molecule has 3 heteroatoms. The summed E-state index contributed by atoms with van der Waals surface area (Å²) in [5.41, 5.74) is 1.59. The maximum absolute atomic E-state index is 10.5. The van der Waals surface area contributed by atoms with Crippen molar-refractivity contribution in [1.29, 1.82) is 5.26 Å². The van der Waals surface area contributed by atoms with Crippen LogP contribution in [0.3, 0.4) is 0 Å². The first kappa shape index (κ1) is 13.5. The molecule has 0 radical (unpaired) electrons. The molecule has 0 aromatic heterocycles. The van der Waals surface area contributed by atoms with E-state index >= 15 is 0 Å². The highest BCUT2D eigenvalue weighted by atomic mass is 16.1.